The summed E-state index contributed by atoms with van der Waals surface area (Å²) in [6.07, 6.45) is 3.17. The fourth-order valence-corrected chi connectivity index (χ4v) is 1.56. The Bertz CT molecular complexity index is 193. The van der Waals surface area contributed by atoms with Crippen LogP contribution in [0.5, 0.6) is 0 Å². The van der Waals surface area contributed by atoms with Gasteiger partial charge in [-0.2, -0.15) is 0 Å². The van der Waals surface area contributed by atoms with E-state index in [1.54, 1.807) is 7.11 Å². The normalized spacial score (nSPS) is 17.2. The minimum Gasteiger partial charge on any atom is -0.379 e. The SMILES string of the molecule is COC(C)(C)CCC(N)CC(C)C(C)(C)C. The van der Waals surface area contributed by atoms with E-state index in [0.717, 1.165) is 19.3 Å². The molecule has 0 aliphatic rings. The first-order valence-corrected chi connectivity index (χ1v) is 6.39. The van der Waals surface area contributed by atoms with Crippen molar-refractivity contribution in [2.24, 2.45) is 17.1 Å². The van der Waals surface area contributed by atoms with Crippen molar-refractivity contribution in [1.82, 2.24) is 0 Å². The molecule has 0 aromatic carbocycles. The van der Waals surface area contributed by atoms with Crippen LogP contribution in [0.1, 0.15) is 60.8 Å². The average molecular weight is 229 g/mol. The zero-order chi connectivity index (χ0) is 13.0. The lowest BCUT2D eigenvalue weighted by Crippen LogP contribution is -2.31. The molecule has 0 bridgehead atoms. The molecule has 16 heavy (non-hydrogen) atoms. The van der Waals surface area contributed by atoms with Crippen LogP contribution in [0.25, 0.3) is 0 Å². The minimum atomic E-state index is -0.0391. The van der Waals surface area contributed by atoms with Crippen LogP contribution in [0.3, 0.4) is 0 Å². The second-order valence-corrected chi connectivity index (χ2v) is 6.77. The molecule has 2 N–H and O–H groups in total. The third kappa shape index (κ3) is 6.49. The molecule has 2 atom stereocenters. The number of nitrogens with two attached hydrogens (primary N) is 1. The maximum absolute atomic E-state index is 6.18. The number of hydrogen-bond acceptors (Lipinski definition) is 2. The molecule has 0 aromatic rings. The molecule has 2 heteroatoms. The molecule has 0 radical (unpaired) electrons. The summed E-state index contributed by atoms with van der Waals surface area (Å²) in [5.74, 6) is 0.660. The molecule has 2 unspecified atom stereocenters. The van der Waals surface area contributed by atoms with E-state index in [0.29, 0.717) is 17.4 Å². The van der Waals surface area contributed by atoms with Crippen molar-refractivity contribution in [2.75, 3.05) is 7.11 Å². The summed E-state index contributed by atoms with van der Waals surface area (Å²) in [7, 11) is 1.77. The second kappa shape index (κ2) is 6.02. The number of hydrogen-bond donors (Lipinski definition) is 1. The van der Waals surface area contributed by atoms with Crippen LogP contribution in [-0.2, 0) is 4.74 Å². The Kier molecular flexibility index (Phi) is 5.99. The standard InChI is InChI=1S/C14H31NO/c1-11(13(2,3)4)10-12(15)8-9-14(5,6)16-7/h11-12H,8-10,15H2,1-7H3. The van der Waals surface area contributed by atoms with Crippen molar-refractivity contribution in [3.63, 3.8) is 0 Å². The van der Waals surface area contributed by atoms with Crippen LogP contribution in [0.2, 0.25) is 0 Å². The van der Waals surface area contributed by atoms with Crippen LogP contribution in [0.15, 0.2) is 0 Å². The molecule has 0 amide bonds. The second-order valence-electron chi connectivity index (χ2n) is 6.77. The number of methoxy groups -OCH3 is 1. The Morgan fingerprint density at radius 3 is 2.00 bits per heavy atom. The van der Waals surface area contributed by atoms with E-state index in [1.807, 2.05) is 0 Å². The topological polar surface area (TPSA) is 35.2 Å². The molecular formula is C14H31NO. The summed E-state index contributed by atoms with van der Waals surface area (Å²) in [4.78, 5) is 0. The number of rotatable bonds is 6. The minimum absolute atomic E-state index is 0.0391. The van der Waals surface area contributed by atoms with E-state index >= 15 is 0 Å². The van der Waals surface area contributed by atoms with Crippen LogP contribution in [-0.4, -0.2) is 18.8 Å². The van der Waals surface area contributed by atoms with E-state index < -0.39 is 0 Å². The van der Waals surface area contributed by atoms with E-state index in [4.69, 9.17) is 10.5 Å². The van der Waals surface area contributed by atoms with Crippen LogP contribution in [0.4, 0.5) is 0 Å². The van der Waals surface area contributed by atoms with Gasteiger partial charge in [0.15, 0.2) is 0 Å². The van der Waals surface area contributed by atoms with Gasteiger partial charge in [0.2, 0.25) is 0 Å². The predicted octanol–water partition coefficient (Wildman–Crippen LogP) is 3.59. The predicted molar refractivity (Wildman–Crippen MR) is 71.5 cm³/mol. The quantitative estimate of drug-likeness (QED) is 0.755. The van der Waals surface area contributed by atoms with Gasteiger partial charge in [-0.15, -0.1) is 0 Å². The van der Waals surface area contributed by atoms with Crippen molar-refractivity contribution in [1.29, 1.82) is 0 Å². The molecule has 2 nitrogen and oxygen atoms in total. The molecule has 0 heterocycles. The van der Waals surface area contributed by atoms with Crippen LogP contribution < -0.4 is 5.73 Å². The fraction of sp³-hybridized carbons (Fsp3) is 1.00. The van der Waals surface area contributed by atoms with Gasteiger partial charge >= 0.3 is 0 Å². The molecule has 0 aliphatic carbocycles. The summed E-state index contributed by atoms with van der Waals surface area (Å²) in [6.45, 7) is 13.4. The highest BCUT2D eigenvalue weighted by Gasteiger charge is 2.23. The van der Waals surface area contributed by atoms with Crippen molar-refractivity contribution in [3.05, 3.63) is 0 Å². The molecule has 0 rings (SSSR count). The van der Waals surface area contributed by atoms with Gasteiger partial charge in [0, 0.05) is 13.2 Å². The van der Waals surface area contributed by atoms with E-state index in [2.05, 4.69) is 41.5 Å². The van der Waals surface area contributed by atoms with Crippen molar-refractivity contribution in [3.8, 4) is 0 Å². The van der Waals surface area contributed by atoms with Crippen molar-refractivity contribution in [2.45, 2.75) is 72.4 Å². The fourth-order valence-electron chi connectivity index (χ4n) is 1.56. The lowest BCUT2D eigenvalue weighted by Gasteiger charge is -2.31. The first-order valence-electron chi connectivity index (χ1n) is 6.39. The molecule has 0 fully saturated rings. The van der Waals surface area contributed by atoms with Crippen LogP contribution in [0, 0.1) is 11.3 Å². The van der Waals surface area contributed by atoms with E-state index in [1.165, 1.54) is 0 Å². The number of ether oxygens (including phenoxy) is 1. The van der Waals surface area contributed by atoms with Gasteiger partial charge in [0.05, 0.1) is 5.60 Å². The van der Waals surface area contributed by atoms with Gasteiger partial charge in [-0.05, 0) is 44.4 Å². The Balaban J connectivity index is 3.96. The highest BCUT2D eigenvalue weighted by Crippen LogP contribution is 2.30. The van der Waals surface area contributed by atoms with Crippen molar-refractivity contribution >= 4 is 0 Å². The van der Waals surface area contributed by atoms with Gasteiger partial charge in [0.1, 0.15) is 0 Å². The molecular weight excluding hydrogens is 198 g/mol. The molecule has 0 aromatic heterocycles. The first-order chi connectivity index (χ1) is 7.08. The van der Waals surface area contributed by atoms with E-state index in [-0.39, 0.29) is 5.60 Å². The lowest BCUT2D eigenvalue weighted by molar-refractivity contribution is 0.0117. The zero-order valence-corrected chi connectivity index (χ0v) is 12.3. The Hall–Kier alpha value is -0.0800. The summed E-state index contributed by atoms with van der Waals surface area (Å²) < 4.78 is 5.40. The Morgan fingerprint density at radius 2 is 1.62 bits per heavy atom. The van der Waals surface area contributed by atoms with Crippen LogP contribution >= 0.6 is 0 Å². The summed E-state index contributed by atoms with van der Waals surface area (Å²) >= 11 is 0. The van der Waals surface area contributed by atoms with Gasteiger partial charge in [-0.3, -0.25) is 0 Å². The summed E-state index contributed by atoms with van der Waals surface area (Å²) in [5, 5.41) is 0. The zero-order valence-electron chi connectivity index (χ0n) is 12.3. The van der Waals surface area contributed by atoms with Gasteiger partial charge in [-0.25, -0.2) is 0 Å². The average Bonchev–Trinajstić information content (AvgIpc) is 2.13. The molecule has 0 saturated carbocycles. The molecule has 98 valence electrons. The van der Waals surface area contributed by atoms with E-state index in [9.17, 15) is 0 Å². The first kappa shape index (κ1) is 15.9. The van der Waals surface area contributed by atoms with Gasteiger partial charge in [0.25, 0.3) is 0 Å². The monoisotopic (exact) mass is 229 g/mol. The lowest BCUT2D eigenvalue weighted by atomic mass is 9.78. The largest absolute Gasteiger partial charge is 0.379 e. The highest BCUT2D eigenvalue weighted by molar-refractivity contribution is 4.77. The molecule has 0 aliphatic heterocycles. The third-order valence-corrected chi connectivity index (χ3v) is 3.80. The maximum atomic E-state index is 6.18. The highest BCUT2D eigenvalue weighted by atomic mass is 16.5. The third-order valence-electron chi connectivity index (χ3n) is 3.80. The van der Waals surface area contributed by atoms with Gasteiger partial charge in [-0.1, -0.05) is 27.7 Å². The molecule has 0 saturated heterocycles. The summed E-state index contributed by atoms with van der Waals surface area (Å²) in [5.41, 5.74) is 6.49. The Labute approximate surface area is 102 Å². The van der Waals surface area contributed by atoms with Gasteiger partial charge < -0.3 is 10.5 Å². The Morgan fingerprint density at radius 1 is 1.12 bits per heavy atom. The molecule has 0 spiro atoms. The smallest absolute Gasteiger partial charge is 0.0623 e. The summed E-state index contributed by atoms with van der Waals surface area (Å²) in [6, 6.07) is 0.295. The maximum Gasteiger partial charge on any atom is 0.0623 e. The van der Waals surface area contributed by atoms with Crippen molar-refractivity contribution < 1.29 is 4.74 Å².